The summed E-state index contributed by atoms with van der Waals surface area (Å²) in [7, 11) is 0. The van der Waals surface area contributed by atoms with Gasteiger partial charge in [-0.05, 0) is 31.0 Å². The fourth-order valence-electron chi connectivity index (χ4n) is 4.43. The predicted molar refractivity (Wildman–Crippen MR) is 114 cm³/mol. The van der Waals surface area contributed by atoms with Gasteiger partial charge in [-0.2, -0.15) is 0 Å². The van der Waals surface area contributed by atoms with Crippen LogP contribution in [0.15, 0.2) is 48.5 Å². The zero-order valence-electron chi connectivity index (χ0n) is 17.6. The van der Waals surface area contributed by atoms with Crippen molar-refractivity contribution in [3.05, 3.63) is 65.2 Å². The van der Waals surface area contributed by atoms with Gasteiger partial charge in [0.25, 0.3) is 5.91 Å². The van der Waals surface area contributed by atoms with E-state index < -0.39 is 18.2 Å². The van der Waals surface area contributed by atoms with Gasteiger partial charge in [0, 0.05) is 24.9 Å². The molecule has 0 unspecified atom stereocenters. The van der Waals surface area contributed by atoms with Gasteiger partial charge in [0.15, 0.2) is 12.4 Å². The van der Waals surface area contributed by atoms with E-state index in [4.69, 9.17) is 4.74 Å². The molecule has 2 aromatic rings. The molecule has 2 aliphatic heterocycles. The first-order valence-corrected chi connectivity index (χ1v) is 10.5. The van der Waals surface area contributed by atoms with E-state index in [1.54, 1.807) is 43.3 Å². The highest BCUT2D eigenvalue weighted by atomic mass is 16.5. The van der Waals surface area contributed by atoms with Crippen LogP contribution in [0.1, 0.15) is 53.0 Å². The molecule has 1 fully saturated rings. The Morgan fingerprint density at radius 2 is 1.74 bits per heavy atom. The highest BCUT2D eigenvalue weighted by molar-refractivity contribution is 6.15. The SMILES string of the molecule is CCc1ccc(C(=O)COC(=O)[C@@]23CCC(=O)N2c2ccccc2C(=O)N3CC)cc1. The van der Waals surface area contributed by atoms with E-state index >= 15 is 0 Å². The fraction of sp³-hybridized carbons (Fsp3) is 0.333. The van der Waals surface area contributed by atoms with Gasteiger partial charge < -0.3 is 9.64 Å². The van der Waals surface area contributed by atoms with E-state index in [0.29, 0.717) is 16.8 Å². The molecular weight excluding hydrogens is 396 g/mol. The topological polar surface area (TPSA) is 84.0 Å². The number of anilines is 1. The number of carbonyl (C=O) groups excluding carboxylic acids is 4. The Morgan fingerprint density at radius 3 is 2.42 bits per heavy atom. The van der Waals surface area contributed by atoms with E-state index in [1.165, 1.54) is 9.80 Å². The Bertz CT molecular complexity index is 1060. The van der Waals surface area contributed by atoms with Gasteiger partial charge in [0.2, 0.25) is 11.6 Å². The van der Waals surface area contributed by atoms with Gasteiger partial charge in [-0.15, -0.1) is 0 Å². The molecule has 31 heavy (non-hydrogen) atoms. The first-order valence-electron chi connectivity index (χ1n) is 10.5. The van der Waals surface area contributed by atoms with E-state index in [1.807, 2.05) is 19.1 Å². The molecular formula is C24H24N2O5. The zero-order chi connectivity index (χ0) is 22.2. The second-order valence-electron chi connectivity index (χ2n) is 7.66. The molecule has 2 aromatic carbocycles. The van der Waals surface area contributed by atoms with E-state index in [9.17, 15) is 19.2 Å². The third-order valence-corrected chi connectivity index (χ3v) is 6.04. The zero-order valence-corrected chi connectivity index (χ0v) is 17.6. The number of esters is 1. The summed E-state index contributed by atoms with van der Waals surface area (Å²) >= 11 is 0. The summed E-state index contributed by atoms with van der Waals surface area (Å²) in [6.07, 6.45) is 1.09. The maximum Gasteiger partial charge on any atom is 0.354 e. The van der Waals surface area contributed by atoms with Crippen molar-refractivity contribution in [1.82, 2.24) is 4.90 Å². The average molecular weight is 420 g/mol. The third kappa shape index (κ3) is 3.21. The second-order valence-corrected chi connectivity index (χ2v) is 7.66. The van der Waals surface area contributed by atoms with Crippen molar-refractivity contribution in [2.75, 3.05) is 18.1 Å². The molecule has 1 atom stereocenters. The summed E-state index contributed by atoms with van der Waals surface area (Å²) in [5, 5.41) is 0. The van der Waals surface area contributed by atoms with Gasteiger partial charge in [0.1, 0.15) is 0 Å². The number of Topliss-reactive ketones (excluding diaryl/α,β-unsaturated/α-hetero) is 1. The van der Waals surface area contributed by atoms with Crippen molar-refractivity contribution in [3.8, 4) is 0 Å². The molecule has 0 spiro atoms. The number of nitrogens with zero attached hydrogens (tertiary/aromatic N) is 2. The summed E-state index contributed by atoms with van der Waals surface area (Å²) in [5.41, 5.74) is 0.752. The largest absolute Gasteiger partial charge is 0.454 e. The summed E-state index contributed by atoms with van der Waals surface area (Å²) in [6, 6.07) is 13.9. The van der Waals surface area contributed by atoms with Crippen LogP contribution in [0.2, 0.25) is 0 Å². The molecule has 160 valence electrons. The van der Waals surface area contributed by atoms with Crippen LogP contribution in [0.25, 0.3) is 0 Å². The number of para-hydroxylation sites is 1. The van der Waals surface area contributed by atoms with Crippen LogP contribution in [0.5, 0.6) is 0 Å². The number of hydrogen-bond acceptors (Lipinski definition) is 5. The molecule has 7 nitrogen and oxygen atoms in total. The standard InChI is InChI=1S/C24H24N2O5/c1-3-16-9-11-17(12-10-16)20(27)15-31-23(30)24-14-13-21(28)26(24)19-8-6-5-7-18(19)22(29)25(24)4-2/h5-12H,3-4,13-15H2,1-2H3/t24-/m1/s1. The molecule has 0 radical (unpaired) electrons. The number of ketones is 1. The third-order valence-electron chi connectivity index (χ3n) is 6.04. The summed E-state index contributed by atoms with van der Waals surface area (Å²) in [5.74, 6) is -1.69. The molecule has 0 bridgehead atoms. The van der Waals surface area contributed by atoms with Crippen molar-refractivity contribution in [1.29, 1.82) is 0 Å². The monoisotopic (exact) mass is 420 g/mol. The quantitative estimate of drug-likeness (QED) is 0.530. The normalized spacial score (nSPS) is 19.8. The lowest BCUT2D eigenvalue weighted by Gasteiger charge is -2.47. The number of amides is 2. The van der Waals surface area contributed by atoms with Crippen LogP contribution >= 0.6 is 0 Å². The lowest BCUT2D eigenvalue weighted by Crippen LogP contribution is -2.68. The van der Waals surface area contributed by atoms with Gasteiger partial charge in [0.05, 0.1) is 11.3 Å². The summed E-state index contributed by atoms with van der Waals surface area (Å²) in [6.45, 7) is 3.54. The van der Waals surface area contributed by atoms with Crippen LogP contribution in [0.3, 0.4) is 0 Å². The molecule has 0 N–H and O–H groups in total. The Kier molecular flexibility index (Phi) is 5.35. The average Bonchev–Trinajstić information content (AvgIpc) is 3.15. The number of carbonyl (C=O) groups is 4. The molecule has 7 heteroatoms. The van der Waals surface area contributed by atoms with Crippen molar-refractivity contribution >= 4 is 29.3 Å². The molecule has 2 heterocycles. The predicted octanol–water partition coefficient (Wildman–Crippen LogP) is 2.97. The van der Waals surface area contributed by atoms with Crippen LogP contribution in [-0.2, 0) is 20.7 Å². The minimum Gasteiger partial charge on any atom is -0.454 e. The van der Waals surface area contributed by atoms with Crippen LogP contribution in [0, 0.1) is 0 Å². The number of benzene rings is 2. The Balaban J connectivity index is 1.63. The number of hydrogen-bond donors (Lipinski definition) is 0. The van der Waals surface area contributed by atoms with Crippen LogP contribution in [-0.4, -0.2) is 47.3 Å². The second kappa shape index (κ2) is 7.98. The van der Waals surface area contributed by atoms with Gasteiger partial charge in [-0.1, -0.05) is 43.3 Å². The maximum absolute atomic E-state index is 13.3. The molecule has 2 amide bonds. The fourth-order valence-corrected chi connectivity index (χ4v) is 4.43. The Morgan fingerprint density at radius 1 is 1.03 bits per heavy atom. The molecule has 0 aliphatic carbocycles. The lowest BCUT2D eigenvalue weighted by molar-refractivity contribution is -0.156. The van der Waals surface area contributed by atoms with Crippen LogP contribution < -0.4 is 4.90 Å². The highest BCUT2D eigenvalue weighted by Gasteiger charge is 2.61. The smallest absolute Gasteiger partial charge is 0.354 e. The number of rotatable bonds is 6. The van der Waals surface area contributed by atoms with E-state index in [0.717, 1.165) is 12.0 Å². The first-order chi connectivity index (χ1) is 14.9. The lowest BCUT2D eigenvalue weighted by atomic mass is 9.96. The van der Waals surface area contributed by atoms with E-state index in [-0.39, 0.29) is 37.0 Å². The molecule has 0 saturated carbocycles. The highest BCUT2D eigenvalue weighted by Crippen LogP contribution is 2.44. The summed E-state index contributed by atoms with van der Waals surface area (Å²) < 4.78 is 5.43. The van der Waals surface area contributed by atoms with Crippen molar-refractivity contribution in [3.63, 3.8) is 0 Å². The van der Waals surface area contributed by atoms with Gasteiger partial charge >= 0.3 is 5.97 Å². The molecule has 1 saturated heterocycles. The Hall–Kier alpha value is -3.48. The summed E-state index contributed by atoms with van der Waals surface area (Å²) in [4.78, 5) is 54.6. The maximum atomic E-state index is 13.3. The molecule has 4 rings (SSSR count). The number of aryl methyl sites for hydroxylation is 1. The van der Waals surface area contributed by atoms with Crippen molar-refractivity contribution in [2.45, 2.75) is 38.8 Å². The van der Waals surface area contributed by atoms with Crippen molar-refractivity contribution < 1.29 is 23.9 Å². The van der Waals surface area contributed by atoms with Crippen molar-refractivity contribution in [2.24, 2.45) is 0 Å². The number of fused-ring (bicyclic) bond motifs is 3. The minimum absolute atomic E-state index is 0.111. The van der Waals surface area contributed by atoms with E-state index in [2.05, 4.69) is 0 Å². The molecule has 2 aliphatic rings. The van der Waals surface area contributed by atoms with Gasteiger partial charge in [-0.25, -0.2) is 4.79 Å². The number of ether oxygens (including phenoxy) is 1. The minimum atomic E-state index is -1.57. The van der Waals surface area contributed by atoms with Gasteiger partial charge in [-0.3, -0.25) is 19.3 Å². The molecule has 0 aromatic heterocycles. The van der Waals surface area contributed by atoms with Crippen LogP contribution in [0.4, 0.5) is 5.69 Å². The Labute approximate surface area is 180 Å². The number of likely N-dealkylation sites (N-methyl/N-ethyl adjacent to an activating group) is 1. The first kappa shape index (κ1) is 20.8.